The van der Waals surface area contributed by atoms with E-state index < -0.39 is 12.4 Å². The summed E-state index contributed by atoms with van der Waals surface area (Å²) in [5.41, 5.74) is 0. The third-order valence-electron chi connectivity index (χ3n) is 0.647. The van der Waals surface area contributed by atoms with Crippen LogP contribution in [0.15, 0.2) is 0 Å². The van der Waals surface area contributed by atoms with Crippen LogP contribution in [0.25, 0.3) is 0 Å². The van der Waals surface area contributed by atoms with Gasteiger partial charge in [0.15, 0.2) is 0 Å². The lowest BCUT2D eigenvalue weighted by molar-refractivity contribution is -0.253. The summed E-state index contributed by atoms with van der Waals surface area (Å²) in [6, 6.07) is 0. The van der Waals surface area contributed by atoms with Crippen LogP contribution < -0.4 is 0 Å². The van der Waals surface area contributed by atoms with Crippen molar-refractivity contribution in [2.75, 3.05) is 14.2 Å². The van der Waals surface area contributed by atoms with Crippen molar-refractivity contribution >= 4 is 5.97 Å². The predicted molar refractivity (Wildman–Crippen MR) is 29.6 cm³/mol. The summed E-state index contributed by atoms with van der Waals surface area (Å²) in [4.78, 5) is 10.2. The highest BCUT2D eigenvalue weighted by atomic mass is 16.8. The Kier molecular flexibility index (Phi) is 4.00. The number of carbonyl (C=O) groups excluding carboxylic acids is 1. The SMILES string of the molecule is COC(OC)OC(C)=O. The van der Waals surface area contributed by atoms with Gasteiger partial charge < -0.3 is 14.2 Å². The van der Waals surface area contributed by atoms with E-state index in [1.807, 2.05) is 0 Å². The van der Waals surface area contributed by atoms with Crippen LogP contribution in [0, 0.1) is 0 Å². The Hall–Kier alpha value is -0.610. The molecule has 0 spiro atoms. The molecule has 0 saturated carbocycles. The highest BCUT2D eigenvalue weighted by Gasteiger charge is 2.06. The Bertz CT molecular complexity index is 87.0. The van der Waals surface area contributed by atoms with Gasteiger partial charge in [0.1, 0.15) is 0 Å². The number of rotatable bonds is 3. The van der Waals surface area contributed by atoms with Gasteiger partial charge in [0.25, 0.3) is 0 Å². The fourth-order valence-corrected chi connectivity index (χ4v) is 0.328. The number of hydrogen-bond acceptors (Lipinski definition) is 4. The molecule has 0 saturated heterocycles. The first-order chi connectivity index (χ1) is 4.20. The van der Waals surface area contributed by atoms with Crippen molar-refractivity contribution in [3.63, 3.8) is 0 Å². The quantitative estimate of drug-likeness (QED) is 0.406. The zero-order valence-corrected chi connectivity index (χ0v) is 5.71. The zero-order chi connectivity index (χ0) is 7.28. The number of hydrogen-bond donors (Lipinski definition) is 0. The number of carbonyl (C=O) groups is 1. The summed E-state index contributed by atoms with van der Waals surface area (Å²) >= 11 is 0. The summed E-state index contributed by atoms with van der Waals surface area (Å²) < 4.78 is 13.6. The molecule has 4 nitrogen and oxygen atoms in total. The third kappa shape index (κ3) is 3.93. The van der Waals surface area contributed by atoms with Crippen molar-refractivity contribution in [3.05, 3.63) is 0 Å². The van der Waals surface area contributed by atoms with Gasteiger partial charge in [-0.15, -0.1) is 0 Å². The van der Waals surface area contributed by atoms with Crippen LogP contribution in [0.5, 0.6) is 0 Å². The Balaban J connectivity index is 3.43. The van der Waals surface area contributed by atoms with Gasteiger partial charge >= 0.3 is 12.4 Å². The van der Waals surface area contributed by atoms with Crippen LogP contribution in [0.1, 0.15) is 6.92 Å². The van der Waals surface area contributed by atoms with Gasteiger partial charge in [-0.2, -0.15) is 0 Å². The van der Waals surface area contributed by atoms with Crippen molar-refractivity contribution in [1.29, 1.82) is 0 Å². The fourth-order valence-electron chi connectivity index (χ4n) is 0.328. The van der Waals surface area contributed by atoms with Crippen LogP contribution in [-0.2, 0) is 19.0 Å². The minimum Gasteiger partial charge on any atom is -0.411 e. The molecule has 0 amide bonds. The standard InChI is InChI=1S/C5H10O4/c1-4(6)9-5(7-2)8-3/h5H,1-3H3. The third-order valence-corrected chi connectivity index (χ3v) is 0.647. The van der Waals surface area contributed by atoms with E-state index in [4.69, 9.17) is 0 Å². The molecule has 54 valence electrons. The van der Waals surface area contributed by atoms with E-state index in [9.17, 15) is 4.79 Å². The number of methoxy groups -OCH3 is 2. The molecule has 0 aromatic rings. The first-order valence-electron chi connectivity index (χ1n) is 2.43. The van der Waals surface area contributed by atoms with E-state index in [0.29, 0.717) is 0 Å². The van der Waals surface area contributed by atoms with Gasteiger partial charge in [-0.1, -0.05) is 0 Å². The Morgan fingerprint density at radius 3 is 1.89 bits per heavy atom. The lowest BCUT2D eigenvalue weighted by Gasteiger charge is -2.11. The molecular weight excluding hydrogens is 124 g/mol. The molecule has 0 rings (SSSR count). The van der Waals surface area contributed by atoms with Crippen molar-refractivity contribution in [2.45, 2.75) is 13.4 Å². The number of ether oxygens (including phenoxy) is 3. The van der Waals surface area contributed by atoms with Crippen LogP contribution in [0.4, 0.5) is 0 Å². The Morgan fingerprint density at radius 1 is 1.33 bits per heavy atom. The van der Waals surface area contributed by atoms with Gasteiger partial charge in [0.05, 0.1) is 0 Å². The molecule has 0 aromatic heterocycles. The maximum atomic E-state index is 10.2. The highest BCUT2D eigenvalue weighted by Crippen LogP contribution is 1.92. The number of esters is 1. The molecule has 0 aliphatic rings. The average Bonchev–Trinajstić information content (AvgIpc) is 1.82. The van der Waals surface area contributed by atoms with E-state index in [2.05, 4.69) is 14.2 Å². The van der Waals surface area contributed by atoms with Gasteiger partial charge in [-0.25, -0.2) is 0 Å². The molecule has 0 N–H and O–H groups in total. The smallest absolute Gasteiger partial charge is 0.317 e. The van der Waals surface area contributed by atoms with Crippen LogP contribution in [0.2, 0.25) is 0 Å². The molecule has 0 aliphatic carbocycles. The van der Waals surface area contributed by atoms with Crippen LogP contribution >= 0.6 is 0 Å². The largest absolute Gasteiger partial charge is 0.411 e. The first-order valence-corrected chi connectivity index (χ1v) is 2.43. The second kappa shape index (κ2) is 4.29. The molecular formula is C5H10O4. The summed E-state index contributed by atoms with van der Waals surface area (Å²) in [6.07, 6.45) is 0. The minimum absolute atomic E-state index is 0.427. The fraction of sp³-hybridized carbons (Fsp3) is 0.800. The lowest BCUT2D eigenvalue weighted by atomic mass is 10.8. The summed E-state index contributed by atoms with van der Waals surface area (Å²) in [7, 11) is 2.77. The van der Waals surface area contributed by atoms with E-state index in [1.54, 1.807) is 0 Å². The molecule has 0 aliphatic heterocycles. The second-order valence-corrected chi connectivity index (χ2v) is 1.37. The van der Waals surface area contributed by atoms with Gasteiger partial charge in [-0.3, -0.25) is 4.79 Å². The van der Waals surface area contributed by atoms with Crippen molar-refractivity contribution in [3.8, 4) is 0 Å². The molecule has 0 aromatic carbocycles. The topological polar surface area (TPSA) is 44.8 Å². The van der Waals surface area contributed by atoms with E-state index in [1.165, 1.54) is 21.1 Å². The normalized spacial score (nSPS) is 9.78. The molecule has 0 atom stereocenters. The average molecular weight is 134 g/mol. The van der Waals surface area contributed by atoms with Gasteiger partial charge in [0.2, 0.25) is 0 Å². The molecule has 0 radical (unpaired) electrons. The van der Waals surface area contributed by atoms with E-state index in [0.717, 1.165) is 0 Å². The van der Waals surface area contributed by atoms with E-state index >= 15 is 0 Å². The van der Waals surface area contributed by atoms with Crippen molar-refractivity contribution in [2.24, 2.45) is 0 Å². The first kappa shape index (κ1) is 8.39. The van der Waals surface area contributed by atoms with Crippen molar-refractivity contribution in [1.82, 2.24) is 0 Å². The molecule has 4 heteroatoms. The summed E-state index contributed by atoms with van der Waals surface area (Å²) in [6.45, 7) is 0.410. The van der Waals surface area contributed by atoms with Crippen LogP contribution in [-0.4, -0.2) is 26.7 Å². The lowest BCUT2D eigenvalue weighted by Crippen LogP contribution is -2.19. The molecule has 0 fully saturated rings. The van der Waals surface area contributed by atoms with Crippen LogP contribution in [0.3, 0.4) is 0 Å². The Morgan fingerprint density at radius 2 is 1.78 bits per heavy atom. The molecule has 9 heavy (non-hydrogen) atoms. The molecule has 0 heterocycles. The Labute approximate surface area is 53.7 Å². The highest BCUT2D eigenvalue weighted by molar-refractivity contribution is 5.65. The van der Waals surface area contributed by atoms with E-state index in [-0.39, 0.29) is 0 Å². The maximum Gasteiger partial charge on any atom is 0.317 e. The maximum absolute atomic E-state index is 10.2. The summed E-state index contributed by atoms with van der Waals surface area (Å²) in [5, 5.41) is 0. The zero-order valence-electron chi connectivity index (χ0n) is 5.71. The van der Waals surface area contributed by atoms with Crippen molar-refractivity contribution < 1.29 is 19.0 Å². The predicted octanol–water partition coefficient (Wildman–Crippen LogP) is 0.126. The molecule has 0 unspecified atom stereocenters. The second-order valence-electron chi connectivity index (χ2n) is 1.37. The minimum atomic E-state index is -0.873. The molecule has 0 bridgehead atoms. The monoisotopic (exact) mass is 134 g/mol. The van der Waals surface area contributed by atoms with Gasteiger partial charge in [-0.05, 0) is 0 Å². The summed E-state index contributed by atoms with van der Waals surface area (Å²) in [5.74, 6) is -0.427. The van der Waals surface area contributed by atoms with Gasteiger partial charge in [0, 0.05) is 21.1 Å².